The predicted molar refractivity (Wildman–Crippen MR) is 59.0 cm³/mol. The Labute approximate surface area is 106 Å². The molecule has 1 N–H and O–H groups in total. The number of benzene rings is 1. The highest BCUT2D eigenvalue weighted by Gasteiger charge is 2.33. The van der Waals surface area contributed by atoms with Crippen molar-refractivity contribution in [3.05, 3.63) is 34.3 Å². The zero-order chi connectivity index (χ0) is 13.1. The Morgan fingerprint density at radius 2 is 2.00 bits per heavy atom. The van der Waals surface area contributed by atoms with Gasteiger partial charge in [0.05, 0.1) is 10.6 Å². The number of amides is 1. The number of alkyl halides is 4. The highest BCUT2D eigenvalue weighted by molar-refractivity contribution is 6.31. The molecule has 0 fully saturated rings. The average molecular weight is 286 g/mol. The van der Waals surface area contributed by atoms with Gasteiger partial charge in [0.25, 0.3) is 0 Å². The van der Waals surface area contributed by atoms with E-state index < -0.39 is 17.6 Å². The lowest BCUT2D eigenvalue weighted by Crippen LogP contribution is -2.23. The van der Waals surface area contributed by atoms with Crippen LogP contribution in [0.15, 0.2) is 18.2 Å². The third-order valence-electron chi connectivity index (χ3n) is 1.95. The summed E-state index contributed by atoms with van der Waals surface area (Å²) in [5, 5.41) is 1.99. The predicted octanol–water partition coefficient (Wildman–Crippen LogP) is 3.21. The Balaban J connectivity index is 2.86. The van der Waals surface area contributed by atoms with Gasteiger partial charge in [-0.1, -0.05) is 17.7 Å². The van der Waals surface area contributed by atoms with Gasteiger partial charge in [0.15, 0.2) is 0 Å². The summed E-state index contributed by atoms with van der Waals surface area (Å²) in [6, 6.07) is 3.45. The molecule has 0 bridgehead atoms. The zero-order valence-corrected chi connectivity index (χ0v) is 9.96. The van der Waals surface area contributed by atoms with Gasteiger partial charge in [0.1, 0.15) is 5.88 Å². The van der Waals surface area contributed by atoms with Crippen molar-refractivity contribution < 1.29 is 18.0 Å². The summed E-state index contributed by atoms with van der Waals surface area (Å²) >= 11 is 10.7. The van der Waals surface area contributed by atoms with Gasteiger partial charge in [-0.25, -0.2) is 0 Å². The minimum atomic E-state index is -4.51. The van der Waals surface area contributed by atoms with Gasteiger partial charge in [0, 0.05) is 6.54 Å². The van der Waals surface area contributed by atoms with Crippen molar-refractivity contribution in [1.82, 2.24) is 5.32 Å². The molecule has 0 aliphatic heterocycles. The highest BCUT2D eigenvalue weighted by atomic mass is 35.5. The molecular formula is C10H8Cl2F3NO. The van der Waals surface area contributed by atoms with Crippen LogP contribution in [0.3, 0.4) is 0 Å². The van der Waals surface area contributed by atoms with Crippen molar-refractivity contribution in [3.8, 4) is 0 Å². The van der Waals surface area contributed by atoms with E-state index in [2.05, 4.69) is 5.32 Å². The second-order valence-corrected chi connectivity index (χ2v) is 3.90. The topological polar surface area (TPSA) is 29.1 Å². The lowest BCUT2D eigenvalue weighted by atomic mass is 10.1. The molecule has 1 aromatic rings. The molecule has 0 heterocycles. The fraction of sp³-hybridized carbons (Fsp3) is 0.300. The van der Waals surface area contributed by atoms with Crippen LogP contribution in [-0.2, 0) is 17.5 Å². The van der Waals surface area contributed by atoms with Gasteiger partial charge in [-0.05, 0) is 17.7 Å². The molecule has 1 amide bonds. The Bertz CT molecular complexity index is 421. The molecule has 0 unspecified atom stereocenters. The molecule has 2 nitrogen and oxygen atoms in total. The number of carbonyl (C=O) groups is 1. The normalized spacial score (nSPS) is 11.4. The van der Waals surface area contributed by atoms with E-state index >= 15 is 0 Å². The van der Waals surface area contributed by atoms with Crippen LogP contribution < -0.4 is 5.32 Å². The van der Waals surface area contributed by atoms with Crippen molar-refractivity contribution in [2.45, 2.75) is 12.7 Å². The van der Waals surface area contributed by atoms with Crippen LogP contribution in [0.5, 0.6) is 0 Å². The molecule has 94 valence electrons. The molecule has 0 aromatic heterocycles. The monoisotopic (exact) mass is 285 g/mol. The fourth-order valence-corrected chi connectivity index (χ4v) is 1.47. The second kappa shape index (κ2) is 5.60. The Morgan fingerprint density at radius 1 is 1.35 bits per heavy atom. The van der Waals surface area contributed by atoms with E-state index in [1.54, 1.807) is 0 Å². The van der Waals surface area contributed by atoms with Crippen LogP contribution in [0.4, 0.5) is 13.2 Å². The first-order chi connectivity index (χ1) is 7.84. The lowest BCUT2D eigenvalue weighted by molar-refractivity contribution is -0.137. The van der Waals surface area contributed by atoms with Crippen molar-refractivity contribution in [2.24, 2.45) is 0 Å². The Hall–Kier alpha value is -0.940. The summed E-state index contributed by atoms with van der Waals surface area (Å²) in [6.07, 6.45) is -4.51. The molecule has 1 aromatic carbocycles. The lowest BCUT2D eigenvalue weighted by Gasteiger charge is -2.11. The van der Waals surface area contributed by atoms with Crippen LogP contribution in [-0.4, -0.2) is 11.8 Å². The van der Waals surface area contributed by atoms with E-state index in [9.17, 15) is 18.0 Å². The first-order valence-corrected chi connectivity index (χ1v) is 5.44. The summed E-state index contributed by atoms with van der Waals surface area (Å²) < 4.78 is 37.5. The fourth-order valence-electron chi connectivity index (χ4n) is 1.15. The van der Waals surface area contributed by atoms with E-state index in [0.29, 0.717) is 5.56 Å². The van der Waals surface area contributed by atoms with Crippen LogP contribution in [0.25, 0.3) is 0 Å². The molecule has 17 heavy (non-hydrogen) atoms. The first-order valence-electron chi connectivity index (χ1n) is 4.53. The van der Waals surface area contributed by atoms with Gasteiger partial charge in [-0.15, -0.1) is 11.6 Å². The minimum absolute atomic E-state index is 0.0220. The Kier molecular flexibility index (Phi) is 4.65. The van der Waals surface area contributed by atoms with Crippen LogP contribution in [0, 0.1) is 0 Å². The van der Waals surface area contributed by atoms with E-state index in [1.807, 2.05) is 0 Å². The molecule has 0 saturated carbocycles. The SMILES string of the molecule is O=C(CCl)NCc1ccc(Cl)c(C(F)(F)F)c1. The molecule has 0 spiro atoms. The van der Waals surface area contributed by atoms with E-state index in [-0.39, 0.29) is 17.4 Å². The van der Waals surface area contributed by atoms with Crippen molar-refractivity contribution in [1.29, 1.82) is 0 Å². The largest absolute Gasteiger partial charge is 0.417 e. The van der Waals surface area contributed by atoms with Crippen molar-refractivity contribution in [3.63, 3.8) is 0 Å². The van der Waals surface area contributed by atoms with Gasteiger partial charge in [0.2, 0.25) is 5.91 Å². The summed E-state index contributed by atoms with van der Waals surface area (Å²) in [4.78, 5) is 10.8. The minimum Gasteiger partial charge on any atom is -0.351 e. The summed E-state index contributed by atoms with van der Waals surface area (Å²) in [6.45, 7) is -0.0220. The van der Waals surface area contributed by atoms with Crippen LogP contribution in [0.1, 0.15) is 11.1 Å². The van der Waals surface area contributed by atoms with E-state index in [4.69, 9.17) is 23.2 Å². The molecule has 0 radical (unpaired) electrons. The molecular weight excluding hydrogens is 278 g/mol. The molecule has 0 aliphatic carbocycles. The summed E-state index contributed by atoms with van der Waals surface area (Å²) in [5.74, 6) is -0.685. The van der Waals surface area contributed by atoms with Crippen LogP contribution >= 0.6 is 23.2 Å². The van der Waals surface area contributed by atoms with E-state index in [0.717, 1.165) is 12.1 Å². The van der Waals surface area contributed by atoms with E-state index in [1.165, 1.54) is 6.07 Å². The highest BCUT2D eigenvalue weighted by Crippen LogP contribution is 2.35. The third kappa shape index (κ3) is 4.09. The summed E-state index contributed by atoms with van der Waals surface area (Å²) in [5.41, 5.74) is -0.614. The number of hydrogen-bond acceptors (Lipinski definition) is 1. The number of rotatable bonds is 3. The number of halogens is 5. The third-order valence-corrected chi connectivity index (χ3v) is 2.52. The maximum Gasteiger partial charge on any atom is 0.417 e. The van der Waals surface area contributed by atoms with Gasteiger partial charge in [-0.2, -0.15) is 13.2 Å². The zero-order valence-electron chi connectivity index (χ0n) is 8.44. The quantitative estimate of drug-likeness (QED) is 0.849. The number of hydrogen-bond donors (Lipinski definition) is 1. The molecule has 1 rings (SSSR count). The Morgan fingerprint density at radius 3 is 2.53 bits per heavy atom. The molecule has 0 atom stereocenters. The summed E-state index contributed by atoms with van der Waals surface area (Å²) in [7, 11) is 0. The smallest absolute Gasteiger partial charge is 0.351 e. The first kappa shape index (κ1) is 14.1. The maximum atomic E-state index is 12.5. The van der Waals surface area contributed by atoms with Crippen molar-refractivity contribution >= 4 is 29.1 Å². The maximum absolute atomic E-state index is 12.5. The number of carbonyl (C=O) groups excluding carboxylic acids is 1. The standard InChI is InChI=1S/C10H8Cl2F3NO/c11-4-9(17)16-5-6-1-2-8(12)7(3-6)10(13,14)15/h1-3H,4-5H2,(H,16,17). The molecule has 0 saturated heterocycles. The van der Waals surface area contributed by atoms with Gasteiger partial charge >= 0.3 is 6.18 Å². The van der Waals surface area contributed by atoms with Crippen LogP contribution in [0.2, 0.25) is 5.02 Å². The molecule has 7 heteroatoms. The average Bonchev–Trinajstić information content (AvgIpc) is 2.26. The number of nitrogens with one attached hydrogen (secondary N) is 1. The second-order valence-electron chi connectivity index (χ2n) is 3.22. The van der Waals surface area contributed by atoms with Gasteiger partial charge in [-0.3, -0.25) is 4.79 Å². The van der Waals surface area contributed by atoms with Crippen molar-refractivity contribution in [2.75, 3.05) is 5.88 Å². The molecule has 0 aliphatic rings. The van der Waals surface area contributed by atoms with Gasteiger partial charge < -0.3 is 5.32 Å².